The molecule has 0 bridgehead atoms. The third-order valence-electron chi connectivity index (χ3n) is 5.86. The van der Waals surface area contributed by atoms with Gasteiger partial charge in [-0.25, -0.2) is 4.79 Å². The van der Waals surface area contributed by atoms with E-state index in [1.54, 1.807) is 0 Å². The molecule has 0 aliphatic heterocycles. The van der Waals surface area contributed by atoms with Gasteiger partial charge in [0, 0.05) is 12.0 Å². The van der Waals surface area contributed by atoms with E-state index in [1.807, 2.05) is 54.6 Å². The highest BCUT2D eigenvalue weighted by molar-refractivity contribution is 5.94. The van der Waals surface area contributed by atoms with Gasteiger partial charge in [0.15, 0.2) is 0 Å². The molecular weight excluding hydrogens is 344 g/mol. The van der Waals surface area contributed by atoms with Gasteiger partial charge in [-0.15, -0.1) is 0 Å². The van der Waals surface area contributed by atoms with E-state index in [1.165, 1.54) is 6.42 Å². The lowest BCUT2D eigenvalue weighted by atomic mass is 9.75. The molecule has 0 radical (unpaired) electrons. The zero-order valence-electron chi connectivity index (χ0n) is 17.3. The van der Waals surface area contributed by atoms with Crippen LogP contribution in [0.4, 0.5) is 0 Å². The van der Waals surface area contributed by atoms with E-state index in [2.05, 4.69) is 32.9 Å². The van der Waals surface area contributed by atoms with Crippen LogP contribution >= 0.6 is 0 Å². The SMILES string of the molecule is CC(C)[C@H]1CC[C@@H](C)C[C@@H]1OC(=O)/C(=C/c1ccccc1)Cc1ccccc1. The van der Waals surface area contributed by atoms with Gasteiger partial charge in [0.05, 0.1) is 0 Å². The van der Waals surface area contributed by atoms with Crippen molar-refractivity contribution in [3.63, 3.8) is 0 Å². The summed E-state index contributed by atoms with van der Waals surface area (Å²) in [6.07, 6.45) is 5.93. The molecule has 3 atom stereocenters. The van der Waals surface area contributed by atoms with Crippen LogP contribution in [-0.2, 0) is 16.0 Å². The molecule has 0 amide bonds. The monoisotopic (exact) mass is 376 g/mol. The van der Waals surface area contributed by atoms with E-state index in [4.69, 9.17) is 4.74 Å². The van der Waals surface area contributed by atoms with Crippen molar-refractivity contribution in [2.45, 2.75) is 52.6 Å². The van der Waals surface area contributed by atoms with Crippen molar-refractivity contribution in [1.29, 1.82) is 0 Å². The molecule has 0 unspecified atom stereocenters. The smallest absolute Gasteiger partial charge is 0.334 e. The highest BCUT2D eigenvalue weighted by atomic mass is 16.5. The van der Waals surface area contributed by atoms with Gasteiger partial charge in [-0.3, -0.25) is 0 Å². The maximum Gasteiger partial charge on any atom is 0.334 e. The molecule has 1 aliphatic rings. The van der Waals surface area contributed by atoms with Crippen molar-refractivity contribution >= 4 is 12.0 Å². The first-order valence-electron chi connectivity index (χ1n) is 10.5. The van der Waals surface area contributed by atoms with Crippen molar-refractivity contribution in [3.05, 3.63) is 77.4 Å². The Kier molecular flexibility index (Phi) is 7.08. The van der Waals surface area contributed by atoms with Crippen LogP contribution in [0.25, 0.3) is 6.08 Å². The standard InChI is InChI=1S/C26H32O2/c1-19(2)24-15-14-20(3)16-25(24)28-26(27)23(17-21-10-6-4-7-11-21)18-22-12-8-5-9-13-22/h4-13,17,19-20,24-25H,14-16,18H2,1-3H3/b23-17+/t20-,24-,25+/m1/s1. The third kappa shape index (κ3) is 5.58. The second kappa shape index (κ2) is 9.73. The van der Waals surface area contributed by atoms with Crippen LogP contribution in [-0.4, -0.2) is 12.1 Å². The quantitative estimate of drug-likeness (QED) is 0.436. The molecule has 148 valence electrons. The topological polar surface area (TPSA) is 26.3 Å². The highest BCUT2D eigenvalue weighted by Crippen LogP contribution is 2.35. The van der Waals surface area contributed by atoms with Crippen LogP contribution in [0.3, 0.4) is 0 Å². The van der Waals surface area contributed by atoms with E-state index in [-0.39, 0.29) is 12.1 Å². The number of hydrogen-bond donors (Lipinski definition) is 0. The molecule has 1 aliphatic carbocycles. The molecule has 2 aromatic carbocycles. The number of hydrogen-bond acceptors (Lipinski definition) is 2. The van der Waals surface area contributed by atoms with Gasteiger partial charge in [-0.2, -0.15) is 0 Å². The van der Waals surface area contributed by atoms with Crippen molar-refractivity contribution in [2.75, 3.05) is 0 Å². The normalized spacial score (nSPS) is 22.9. The number of esters is 1. The lowest BCUT2D eigenvalue weighted by molar-refractivity contribution is -0.151. The summed E-state index contributed by atoms with van der Waals surface area (Å²) in [5, 5.41) is 0. The molecule has 28 heavy (non-hydrogen) atoms. The van der Waals surface area contributed by atoms with Gasteiger partial charge in [0.1, 0.15) is 6.10 Å². The van der Waals surface area contributed by atoms with Gasteiger partial charge >= 0.3 is 5.97 Å². The second-order valence-corrected chi connectivity index (χ2v) is 8.51. The third-order valence-corrected chi connectivity index (χ3v) is 5.86. The molecule has 0 aromatic heterocycles. The lowest BCUT2D eigenvalue weighted by Crippen LogP contribution is -2.36. The second-order valence-electron chi connectivity index (χ2n) is 8.51. The zero-order chi connectivity index (χ0) is 19.9. The number of ether oxygens (including phenoxy) is 1. The van der Waals surface area contributed by atoms with Crippen molar-refractivity contribution in [2.24, 2.45) is 17.8 Å². The summed E-state index contributed by atoms with van der Waals surface area (Å²) in [6, 6.07) is 20.2. The fourth-order valence-electron chi connectivity index (χ4n) is 4.21. The summed E-state index contributed by atoms with van der Waals surface area (Å²) in [6.45, 7) is 6.75. The molecule has 0 heterocycles. The maximum atomic E-state index is 13.2. The summed E-state index contributed by atoms with van der Waals surface area (Å²) in [5.41, 5.74) is 2.87. The zero-order valence-corrected chi connectivity index (χ0v) is 17.3. The molecule has 2 heteroatoms. The Morgan fingerprint density at radius 3 is 2.32 bits per heavy atom. The first-order chi connectivity index (χ1) is 13.5. The van der Waals surface area contributed by atoms with Crippen LogP contribution < -0.4 is 0 Å². The molecule has 1 fully saturated rings. The van der Waals surface area contributed by atoms with Crippen molar-refractivity contribution < 1.29 is 9.53 Å². The minimum Gasteiger partial charge on any atom is -0.459 e. The van der Waals surface area contributed by atoms with Crippen LogP contribution in [0.5, 0.6) is 0 Å². The summed E-state index contributed by atoms with van der Waals surface area (Å²) < 4.78 is 6.14. The van der Waals surface area contributed by atoms with E-state index >= 15 is 0 Å². The average molecular weight is 377 g/mol. The number of carbonyl (C=O) groups is 1. The van der Waals surface area contributed by atoms with Crippen LogP contribution in [0.1, 0.15) is 51.2 Å². The number of rotatable bonds is 6. The fourth-order valence-corrected chi connectivity index (χ4v) is 4.21. The summed E-state index contributed by atoms with van der Waals surface area (Å²) in [4.78, 5) is 13.2. The van der Waals surface area contributed by atoms with E-state index in [0.717, 1.165) is 29.5 Å². The van der Waals surface area contributed by atoms with Gasteiger partial charge < -0.3 is 4.74 Å². The molecule has 2 aromatic rings. The number of benzene rings is 2. The van der Waals surface area contributed by atoms with Gasteiger partial charge in [-0.1, -0.05) is 87.9 Å². The Bertz CT molecular complexity index is 777. The van der Waals surface area contributed by atoms with E-state index in [0.29, 0.717) is 24.2 Å². The van der Waals surface area contributed by atoms with Crippen molar-refractivity contribution in [3.8, 4) is 0 Å². The Hall–Kier alpha value is -2.35. The number of carbonyl (C=O) groups excluding carboxylic acids is 1. The van der Waals surface area contributed by atoms with Crippen LogP contribution in [0.15, 0.2) is 66.2 Å². The Morgan fingerprint density at radius 1 is 1.04 bits per heavy atom. The minimum atomic E-state index is -0.169. The fraction of sp³-hybridized carbons (Fsp3) is 0.423. The largest absolute Gasteiger partial charge is 0.459 e. The molecule has 0 spiro atoms. The lowest BCUT2D eigenvalue weighted by Gasteiger charge is -2.36. The van der Waals surface area contributed by atoms with Gasteiger partial charge in [0.25, 0.3) is 0 Å². The Labute approximate surface area is 169 Å². The summed E-state index contributed by atoms with van der Waals surface area (Å²) in [5.74, 6) is 1.43. The highest BCUT2D eigenvalue weighted by Gasteiger charge is 2.33. The molecule has 2 nitrogen and oxygen atoms in total. The summed E-state index contributed by atoms with van der Waals surface area (Å²) >= 11 is 0. The van der Waals surface area contributed by atoms with Crippen LogP contribution in [0, 0.1) is 17.8 Å². The first-order valence-corrected chi connectivity index (χ1v) is 10.5. The minimum absolute atomic E-state index is 0.0196. The maximum absolute atomic E-state index is 13.2. The molecule has 0 saturated heterocycles. The van der Waals surface area contributed by atoms with Crippen LogP contribution in [0.2, 0.25) is 0 Å². The molecule has 1 saturated carbocycles. The molecular formula is C26H32O2. The van der Waals surface area contributed by atoms with Crippen molar-refractivity contribution in [1.82, 2.24) is 0 Å². The van der Waals surface area contributed by atoms with E-state index < -0.39 is 0 Å². The predicted molar refractivity (Wildman–Crippen MR) is 116 cm³/mol. The average Bonchev–Trinajstić information content (AvgIpc) is 2.69. The Balaban J connectivity index is 1.82. The molecule has 0 N–H and O–H groups in total. The Morgan fingerprint density at radius 2 is 1.68 bits per heavy atom. The van der Waals surface area contributed by atoms with E-state index in [9.17, 15) is 4.79 Å². The summed E-state index contributed by atoms with van der Waals surface area (Å²) in [7, 11) is 0. The predicted octanol–water partition coefficient (Wildman–Crippen LogP) is 6.32. The molecule has 3 rings (SSSR count). The van der Waals surface area contributed by atoms with Gasteiger partial charge in [0.2, 0.25) is 0 Å². The van der Waals surface area contributed by atoms with Gasteiger partial charge in [-0.05, 0) is 47.8 Å². The first kappa shape index (κ1) is 20.4.